The molecule has 2 aromatic carbocycles. The van der Waals surface area contributed by atoms with Crippen LogP contribution < -0.4 is 15.5 Å². The molecule has 5 aromatic rings. The van der Waals surface area contributed by atoms with Gasteiger partial charge in [0.25, 0.3) is 5.91 Å². The third-order valence-corrected chi connectivity index (χ3v) is 10.4. The fraction of sp³-hybridized carbons (Fsp3) is 0.410. The summed E-state index contributed by atoms with van der Waals surface area (Å²) >= 11 is 0. The molecule has 51 heavy (non-hydrogen) atoms. The number of pyridine rings is 1. The van der Waals surface area contributed by atoms with Crippen LogP contribution in [0.1, 0.15) is 86.3 Å². The maximum absolute atomic E-state index is 13.7. The molecule has 1 aliphatic carbocycles. The van der Waals surface area contributed by atoms with Crippen molar-refractivity contribution in [2.75, 3.05) is 28.6 Å². The largest absolute Gasteiger partial charge is 0.444 e. The first kappa shape index (κ1) is 32.8. The molecule has 3 aromatic heterocycles. The molecule has 2 fully saturated rings. The molecule has 2 atom stereocenters. The normalized spacial score (nSPS) is 19.1. The van der Waals surface area contributed by atoms with E-state index in [2.05, 4.69) is 46.7 Å². The third kappa shape index (κ3) is 6.87. The summed E-state index contributed by atoms with van der Waals surface area (Å²) in [4.78, 5) is 35.6. The van der Waals surface area contributed by atoms with Gasteiger partial charge in [0.05, 0.1) is 6.20 Å². The zero-order valence-electron chi connectivity index (χ0n) is 29.3. The van der Waals surface area contributed by atoms with E-state index in [1.807, 2.05) is 68.8 Å². The molecule has 1 saturated carbocycles. The van der Waals surface area contributed by atoms with Crippen molar-refractivity contribution in [3.63, 3.8) is 0 Å². The Morgan fingerprint density at radius 2 is 1.82 bits per heavy atom. The van der Waals surface area contributed by atoms with Gasteiger partial charge in [-0.1, -0.05) is 36.4 Å². The highest BCUT2D eigenvalue weighted by Crippen LogP contribution is 2.36. The van der Waals surface area contributed by atoms with Crippen molar-refractivity contribution in [2.24, 2.45) is 0 Å². The van der Waals surface area contributed by atoms with E-state index in [9.17, 15) is 9.59 Å². The predicted molar refractivity (Wildman–Crippen MR) is 197 cm³/mol. The maximum Gasteiger partial charge on any atom is 0.411 e. The second kappa shape index (κ2) is 14.1. The first-order valence-electron chi connectivity index (χ1n) is 18.3. The number of piperidine rings is 1. The highest BCUT2D eigenvalue weighted by atomic mass is 16.5. The molecule has 0 unspecified atom stereocenters. The van der Waals surface area contributed by atoms with Crippen LogP contribution in [0.25, 0.3) is 16.8 Å². The zero-order valence-corrected chi connectivity index (χ0v) is 29.3. The summed E-state index contributed by atoms with van der Waals surface area (Å²) in [6.07, 6.45) is 10.8. The lowest BCUT2D eigenvalue weighted by Gasteiger charge is -2.35. The fourth-order valence-electron chi connectivity index (χ4n) is 7.72. The molecule has 264 valence electrons. The Morgan fingerprint density at radius 1 is 0.980 bits per heavy atom. The lowest BCUT2D eigenvalue weighted by Crippen LogP contribution is -2.42. The Labute approximate surface area is 297 Å². The van der Waals surface area contributed by atoms with E-state index in [1.165, 1.54) is 6.42 Å². The molecule has 2 N–H and O–H groups in total. The summed E-state index contributed by atoms with van der Waals surface area (Å²) in [5, 5.41) is 16.1. The van der Waals surface area contributed by atoms with Crippen molar-refractivity contribution in [1.29, 1.82) is 0 Å². The number of benzene rings is 2. The molecule has 12 nitrogen and oxygen atoms in total. The van der Waals surface area contributed by atoms with Gasteiger partial charge in [0.15, 0.2) is 5.65 Å². The van der Waals surface area contributed by atoms with Crippen LogP contribution in [0.15, 0.2) is 73.1 Å². The number of ether oxygens (including phenoxy) is 1. The van der Waals surface area contributed by atoms with Crippen molar-refractivity contribution in [1.82, 2.24) is 29.3 Å². The van der Waals surface area contributed by atoms with Gasteiger partial charge in [-0.15, -0.1) is 5.10 Å². The van der Waals surface area contributed by atoms with Crippen molar-refractivity contribution in [3.05, 3.63) is 89.7 Å². The molecule has 5 heterocycles. The number of carbonyl (C=O) groups is 2. The predicted octanol–water partition coefficient (Wildman–Crippen LogP) is 7.29. The van der Waals surface area contributed by atoms with Crippen molar-refractivity contribution < 1.29 is 14.3 Å². The van der Waals surface area contributed by atoms with E-state index in [0.29, 0.717) is 23.7 Å². The Balaban J connectivity index is 0.954. The molecule has 0 spiro atoms. The standard InChI is InChI=1S/C39H45N9O3/c1-26(2)47-24-29(22-40-47)33-16-17-35-43-38(44-48(35)36(33)45-18-7-4-8-19-45)41-30-12-9-13-32(20-30)46-23-28-14-15-31(21-34(28)37(46)49)42-39(50)51-25-27-10-5-3-6-11-27/h3,5-6,10-11,14-17,21-22,24,26,30,32H,4,7-9,12-13,18-20,23,25H2,1-2H3,(H,41,44)(H,42,50)/t30-,32+/m1/s1. The second-order valence-corrected chi connectivity index (χ2v) is 14.3. The van der Waals surface area contributed by atoms with Gasteiger partial charge in [0.1, 0.15) is 12.4 Å². The van der Waals surface area contributed by atoms with Crippen LogP contribution in [0.5, 0.6) is 0 Å². The van der Waals surface area contributed by atoms with Gasteiger partial charge in [0.2, 0.25) is 5.95 Å². The van der Waals surface area contributed by atoms with Crippen molar-refractivity contribution in [3.8, 4) is 11.1 Å². The van der Waals surface area contributed by atoms with Crippen LogP contribution in [0, 0.1) is 0 Å². The van der Waals surface area contributed by atoms with Gasteiger partial charge in [-0.2, -0.15) is 14.6 Å². The Morgan fingerprint density at radius 3 is 2.63 bits per heavy atom. The van der Waals surface area contributed by atoms with Crippen LogP contribution >= 0.6 is 0 Å². The minimum absolute atomic E-state index is 0.00213. The first-order chi connectivity index (χ1) is 24.9. The number of carbonyl (C=O) groups excluding carboxylic acids is 2. The molecule has 12 heteroatoms. The van der Waals surface area contributed by atoms with E-state index in [1.54, 1.807) is 6.07 Å². The topological polar surface area (TPSA) is 122 Å². The molecule has 0 radical (unpaired) electrons. The Kier molecular flexibility index (Phi) is 9.06. The molecule has 2 aliphatic heterocycles. The van der Waals surface area contributed by atoms with Crippen LogP contribution in [0.2, 0.25) is 0 Å². The number of anilines is 3. The molecular weight excluding hydrogens is 642 g/mol. The summed E-state index contributed by atoms with van der Waals surface area (Å²) in [5.74, 6) is 1.68. The number of hydrogen-bond acceptors (Lipinski definition) is 8. The average Bonchev–Trinajstić information content (AvgIpc) is 3.89. The lowest BCUT2D eigenvalue weighted by molar-refractivity contribution is 0.0654. The third-order valence-electron chi connectivity index (χ3n) is 10.4. The van der Waals surface area contributed by atoms with E-state index >= 15 is 0 Å². The number of aromatic nitrogens is 5. The van der Waals surface area contributed by atoms with Crippen molar-refractivity contribution in [2.45, 2.75) is 90.1 Å². The summed E-state index contributed by atoms with van der Waals surface area (Å²) in [5.41, 5.74) is 6.06. The first-order valence-corrected chi connectivity index (χ1v) is 18.3. The number of nitrogens with one attached hydrogen (secondary N) is 2. The highest BCUT2D eigenvalue weighted by molar-refractivity contribution is 6.00. The lowest BCUT2D eigenvalue weighted by atomic mass is 9.90. The maximum atomic E-state index is 13.7. The molecule has 8 rings (SSSR count). The number of nitrogens with zero attached hydrogens (tertiary/aromatic N) is 7. The van der Waals surface area contributed by atoms with Gasteiger partial charge in [-0.05, 0) is 94.2 Å². The minimum atomic E-state index is -0.552. The number of fused-ring (bicyclic) bond motifs is 2. The van der Waals surface area contributed by atoms with Crippen molar-refractivity contribution >= 4 is 35.1 Å². The van der Waals surface area contributed by atoms with Gasteiger partial charge in [0, 0.05) is 66.3 Å². The molecule has 0 bridgehead atoms. The SMILES string of the molecule is CC(C)n1cc(-c2ccc3nc(N[C@@H]4CCC[C@H](N5Cc6ccc(NC(=O)OCc7ccccc7)cc6C5=O)C4)nn3c2N2CCCCC2)cn1. The van der Waals surface area contributed by atoms with Gasteiger partial charge >= 0.3 is 6.09 Å². The Bertz CT molecular complexity index is 2030. The molecule has 3 aliphatic rings. The smallest absolute Gasteiger partial charge is 0.411 e. The van der Waals surface area contributed by atoms with Crippen LogP contribution in [-0.2, 0) is 17.9 Å². The second-order valence-electron chi connectivity index (χ2n) is 14.3. The summed E-state index contributed by atoms with van der Waals surface area (Å²) in [6.45, 7) is 6.98. The average molecular weight is 688 g/mol. The number of rotatable bonds is 9. The number of amides is 2. The van der Waals surface area contributed by atoms with E-state index in [4.69, 9.17) is 14.8 Å². The Hall–Kier alpha value is -5.39. The fourth-order valence-corrected chi connectivity index (χ4v) is 7.72. The monoisotopic (exact) mass is 687 g/mol. The van der Waals surface area contributed by atoms with Gasteiger partial charge < -0.3 is 19.9 Å². The number of hydrogen-bond donors (Lipinski definition) is 2. The van der Waals surface area contributed by atoms with E-state index < -0.39 is 6.09 Å². The van der Waals surface area contributed by atoms with Crippen LogP contribution in [0.3, 0.4) is 0 Å². The highest BCUT2D eigenvalue weighted by Gasteiger charge is 2.36. The molecule has 2 amide bonds. The minimum Gasteiger partial charge on any atom is -0.444 e. The van der Waals surface area contributed by atoms with Gasteiger partial charge in [-0.3, -0.25) is 14.8 Å². The summed E-state index contributed by atoms with van der Waals surface area (Å²) in [7, 11) is 0. The summed E-state index contributed by atoms with van der Waals surface area (Å²) in [6, 6.07) is 19.8. The quantitative estimate of drug-likeness (QED) is 0.166. The molecule has 1 saturated heterocycles. The van der Waals surface area contributed by atoms with E-state index in [0.717, 1.165) is 85.3 Å². The summed E-state index contributed by atoms with van der Waals surface area (Å²) < 4.78 is 9.37. The van der Waals surface area contributed by atoms with E-state index in [-0.39, 0.29) is 30.6 Å². The van der Waals surface area contributed by atoms with Gasteiger partial charge in [-0.25, -0.2) is 4.79 Å². The van der Waals surface area contributed by atoms with Crippen LogP contribution in [0.4, 0.5) is 22.2 Å². The zero-order chi connectivity index (χ0) is 34.9. The molecular formula is C39H45N9O3. The van der Waals surface area contributed by atoms with Crippen LogP contribution in [-0.4, -0.2) is 66.5 Å².